The van der Waals surface area contributed by atoms with Gasteiger partial charge in [0, 0.05) is 22.6 Å². The molecule has 3 aliphatic heterocycles. The second-order valence-corrected chi connectivity index (χ2v) is 14.2. The van der Waals surface area contributed by atoms with Crippen LogP contribution in [0.4, 0.5) is 0 Å². The van der Waals surface area contributed by atoms with Crippen molar-refractivity contribution in [2.24, 2.45) is 0 Å². The van der Waals surface area contributed by atoms with Crippen LogP contribution >= 0.6 is 0 Å². The molecule has 2 N–H and O–H groups in total. The smallest absolute Gasteiger partial charge is 0.343 e. The molecule has 0 saturated carbocycles. The van der Waals surface area contributed by atoms with E-state index in [-0.39, 0.29) is 25.4 Å². The second kappa shape index (κ2) is 7.39. The van der Waals surface area contributed by atoms with E-state index in [4.69, 9.17) is 19.2 Å². The second-order valence-electron chi connectivity index (χ2n) is 10.1. The molecule has 2 aromatic heterocycles. The Labute approximate surface area is 202 Å². The van der Waals surface area contributed by atoms with E-state index in [1.807, 2.05) is 25.2 Å². The van der Waals surface area contributed by atoms with Crippen molar-refractivity contribution in [3.05, 3.63) is 50.8 Å². The monoisotopic (exact) mass is 494 g/mol. The summed E-state index contributed by atoms with van der Waals surface area (Å²) in [5, 5.41) is 12.0. The van der Waals surface area contributed by atoms with Crippen molar-refractivity contribution in [1.82, 2.24) is 9.55 Å². The van der Waals surface area contributed by atoms with Gasteiger partial charge in [-0.25, -0.2) is 9.78 Å². The van der Waals surface area contributed by atoms with Crippen molar-refractivity contribution in [3.63, 3.8) is 0 Å². The molecule has 5 heterocycles. The number of pyridine rings is 2. The number of nitrogens with zero attached hydrogens (tertiary/aromatic N) is 2. The number of carbonyl (C=O) groups is 1. The van der Waals surface area contributed by atoms with Gasteiger partial charge in [-0.15, -0.1) is 0 Å². The Bertz CT molecular complexity index is 1490. The number of aliphatic hydroxyl groups is 1. The van der Waals surface area contributed by atoms with Crippen molar-refractivity contribution in [2.75, 3.05) is 6.79 Å². The number of hydrogen-bond donors (Lipinski definition) is 2. The third-order valence-corrected chi connectivity index (χ3v) is 8.76. The molecule has 0 spiro atoms. The molecule has 0 bridgehead atoms. The molecule has 6 rings (SSSR count). The van der Waals surface area contributed by atoms with Gasteiger partial charge in [0.15, 0.2) is 25.4 Å². The highest BCUT2D eigenvalue weighted by molar-refractivity contribution is 6.69. The van der Waals surface area contributed by atoms with Crippen LogP contribution in [-0.4, -0.2) is 40.5 Å². The van der Waals surface area contributed by atoms with Gasteiger partial charge in [0.25, 0.3) is 5.56 Å². The minimum absolute atomic E-state index is 0.0880. The molecule has 1 aromatic carbocycles. The summed E-state index contributed by atoms with van der Waals surface area (Å²) in [6.45, 7) is 5.78. The number of carbonyl (C=O) groups excluding carboxylic acids is 1. The van der Waals surface area contributed by atoms with Crippen LogP contribution in [-0.2, 0) is 34.7 Å². The van der Waals surface area contributed by atoms with Crippen molar-refractivity contribution < 1.29 is 28.9 Å². The Morgan fingerprint density at radius 1 is 1.11 bits per heavy atom. The summed E-state index contributed by atoms with van der Waals surface area (Å²) in [4.78, 5) is 41.5. The fourth-order valence-electron chi connectivity index (χ4n) is 5.27. The maximum atomic E-state index is 13.5. The van der Waals surface area contributed by atoms with Crippen molar-refractivity contribution in [3.8, 4) is 22.9 Å². The fourth-order valence-corrected chi connectivity index (χ4v) is 6.13. The van der Waals surface area contributed by atoms with Gasteiger partial charge in [-0.05, 0) is 49.7 Å². The molecule has 182 valence electrons. The van der Waals surface area contributed by atoms with E-state index in [1.54, 1.807) is 17.6 Å². The summed E-state index contributed by atoms with van der Waals surface area (Å²) < 4.78 is 18.0. The van der Waals surface area contributed by atoms with Crippen molar-refractivity contribution >= 4 is 25.2 Å². The van der Waals surface area contributed by atoms with E-state index >= 15 is 0 Å². The zero-order valence-corrected chi connectivity index (χ0v) is 20.8. The highest BCUT2D eigenvalue weighted by Crippen LogP contribution is 2.43. The Morgan fingerprint density at radius 2 is 1.86 bits per heavy atom. The first-order valence-electron chi connectivity index (χ1n) is 11.8. The maximum Gasteiger partial charge on any atom is 0.343 e. The number of benzene rings is 1. The minimum Gasteiger partial charge on any atom is -0.458 e. The Morgan fingerprint density at radius 3 is 2.57 bits per heavy atom. The third kappa shape index (κ3) is 3.24. The summed E-state index contributed by atoms with van der Waals surface area (Å²) in [5.41, 5.74) is 2.23. The van der Waals surface area contributed by atoms with E-state index in [9.17, 15) is 19.5 Å². The molecule has 35 heavy (non-hydrogen) atoms. The van der Waals surface area contributed by atoms with Crippen molar-refractivity contribution in [2.45, 2.75) is 57.7 Å². The average Bonchev–Trinajstić information content (AvgIpc) is 3.42. The van der Waals surface area contributed by atoms with Gasteiger partial charge in [-0.3, -0.25) is 4.79 Å². The normalized spacial score (nSPS) is 20.0. The zero-order valence-electron chi connectivity index (χ0n) is 19.8. The first-order chi connectivity index (χ1) is 16.6. The molecule has 0 unspecified atom stereocenters. The van der Waals surface area contributed by atoms with Gasteiger partial charge in [0.1, 0.15) is 6.61 Å². The molecule has 1 atom stereocenters. The van der Waals surface area contributed by atoms with Crippen LogP contribution in [0.1, 0.15) is 35.6 Å². The molecule has 0 aliphatic carbocycles. The largest absolute Gasteiger partial charge is 0.458 e. The molecule has 0 radical (unpaired) electrons. The predicted octanol–water partition coefficient (Wildman–Crippen LogP) is 2.55. The first-order valence-corrected chi connectivity index (χ1v) is 14.9. The van der Waals surface area contributed by atoms with E-state index in [1.165, 1.54) is 0 Å². The van der Waals surface area contributed by atoms with E-state index in [0.29, 0.717) is 58.5 Å². The third-order valence-electron chi connectivity index (χ3n) is 7.29. The lowest BCUT2D eigenvalue weighted by Gasteiger charge is -2.31. The van der Waals surface area contributed by atoms with Crippen LogP contribution < -0.4 is 15.0 Å². The van der Waals surface area contributed by atoms with Gasteiger partial charge >= 0.3 is 5.97 Å². The number of rotatable bonds is 4. The maximum absolute atomic E-state index is 13.5. The predicted molar refractivity (Wildman–Crippen MR) is 129 cm³/mol. The molecule has 10 heteroatoms. The molecule has 0 fully saturated rings. The Balaban J connectivity index is 1.61. The van der Waals surface area contributed by atoms with E-state index in [2.05, 4.69) is 0 Å². The number of aromatic nitrogens is 2. The summed E-state index contributed by atoms with van der Waals surface area (Å²) in [5.74, 6) is 0.509. The molecule has 3 aromatic rings. The van der Waals surface area contributed by atoms with Gasteiger partial charge < -0.3 is 28.7 Å². The van der Waals surface area contributed by atoms with Crippen LogP contribution in [0.3, 0.4) is 0 Å². The molecule has 9 nitrogen and oxygen atoms in total. The van der Waals surface area contributed by atoms with Crippen LogP contribution in [0, 0.1) is 0 Å². The number of ether oxygens (including phenoxy) is 3. The van der Waals surface area contributed by atoms with Gasteiger partial charge in [-0.2, -0.15) is 0 Å². The topological polar surface area (TPSA) is 120 Å². The summed E-state index contributed by atoms with van der Waals surface area (Å²) in [7, 11) is -2.36. The lowest BCUT2D eigenvalue weighted by Crippen LogP contribution is -2.44. The average molecular weight is 495 g/mol. The first kappa shape index (κ1) is 22.3. The molecule has 0 amide bonds. The molecule has 3 aliphatic rings. The molecule has 0 saturated heterocycles. The zero-order chi connectivity index (χ0) is 24.7. The SMILES string of the molecule is CC[C@@]1(O)C(=O)OCc2c1cc1n(c2=O)Cc2c-1nc1cc3c(cc1c2CC[Si](C)(C)O)OCO3. The lowest BCUT2D eigenvalue weighted by atomic mass is 9.86. The standard InChI is InChI=1S/C25H26N2O7Si/c1-4-25(30)17-8-19-22-15(10-27(19)23(28)16(17)11-32-24(25)29)13(5-6-35(2,3)31)14-7-20-21(34-12-33-20)9-18(14)26-22/h7-9,30-31H,4-6,10-12H2,1-3H3/t25-/m0/s1. The highest BCUT2D eigenvalue weighted by Gasteiger charge is 2.45. The minimum atomic E-state index is -2.36. The van der Waals surface area contributed by atoms with Crippen molar-refractivity contribution in [1.29, 1.82) is 0 Å². The number of cyclic esters (lactones) is 1. The van der Waals surface area contributed by atoms with Crippen LogP contribution in [0.25, 0.3) is 22.3 Å². The number of esters is 1. The van der Waals surface area contributed by atoms with Gasteiger partial charge in [-0.1, -0.05) is 6.92 Å². The highest BCUT2D eigenvalue weighted by atomic mass is 28.4. The van der Waals surface area contributed by atoms with Crippen LogP contribution in [0.2, 0.25) is 19.1 Å². The number of fused-ring (bicyclic) bond motifs is 6. The molecular formula is C25H26N2O7Si. The van der Waals surface area contributed by atoms with E-state index < -0.39 is 19.9 Å². The fraction of sp³-hybridized carbons (Fsp3) is 0.400. The Kier molecular flexibility index (Phi) is 4.70. The van der Waals surface area contributed by atoms with Gasteiger partial charge in [0.2, 0.25) is 6.79 Å². The van der Waals surface area contributed by atoms with E-state index in [0.717, 1.165) is 16.5 Å². The van der Waals surface area contributed by atoms with Crippen LogP contribution in [0.15, 0.2) is 23.0 Å². The summed E-state index contributed by atoms with van der Waals surface area (Å²) in [6, 6.07) is 6.12. The molecular weight excluding hydrogens is 468 g/mol. The quantitative estimate of drug-likeness (QED) is 0.328. The summed E-state index contributed by atoms with van der Waals surface area (Å²) >= 11 is 0. The number of aryl methyl sites for hydroxylation is 1. The summed E-state index contributed by atoms with van der Waals surface area (Å²) in [6.07, 6.45) is 0.713. The van der Waals surface area contributed by atoms with Gasteiger partial charge in [0.05, 0.1) is 29.0 Å². The lowest BCUT2D eigenvalue weighted by molar-refractivity contribution is -0.172. The number of hydrogen-bond acceptors (Lipinski definition) is 8. The Hall–Kier alpha value is -3.21. The van der Waals surface area contributed by atoms with Crippen LogP contribution in [0.5, 0.6) is 11.5 Å².